The molecule has 0 unspecified atom stereocenters. The number of ether oxygens (including phenoxy) is 1. The van der Waals surface area contributed by atoms with E-state index in [1.54, 1.807) is 31.5 Å². The highest BCUT2D eigenvalue weighted by Crippen LogP contribution is 2.29. The van der Waals surface area contributed by atoms with Crippen LogP contribution in [0.4, 0.5) is 20.3 Å². The second kappa shape index (κ2) is 10.4. The van der Waals surface area contributed by atoms with Gasteiger partial charge < -0.3 is 15.4 Å². The van der Waals surface area contributed by atoms with Crippen molar-refractivity contribution >= 4 is 17.4 Å². The van der Waals surface area contributed by atoms with Gasteiger partial charge >= 0.3 is 0 Å². The molecule has 1 amide bonds. The van der Waals surface area contributed by atoms with Gasteiger partial charge in [-0.15, -0.1) is 0 Å². The third kappa shape index (κ3) is 5.42. The number of aromatic nitrogens is 2. The predicted octanol–water partition coefficient (Wildman–Crippen LogP) is 4.57. The first kappa shape index (κ1) is 22.8. The summed E-state index contributed by atoms with van der Waals surface area (Å²) in [4.78, 5) is 20.4. The maximum absolute atomic E-state index is 12.9. The molecule has 3 aromatic rings. The van der Waals surface area contributed by atoms with Gasteiger partial charge in [-0.1, -0.05) is 6.07 Å². The highest BCUT2D eigenvalue weighted by atomic mass is 19.3. The number of benzene rings is 1. The predicted molar refractivity (Wildman–Crippen MR) is 117 cm³/mol. The summed E-state index contributed by atoms with van der Waals surface area (Å²) in [5, 5.41) is 15.3. The van der Waals surface area contributed by atoms with Crippen molar-refractivity contribution in [1.29, 1.82) is 5.26 Å². The number of anilines is 2. The molecule has 2 aromatic heterocycles. The van der Waals surface area contributed by atoms with E-state index >= 15 is 0 Å². The molecule has 0 aliphatic heterocycles. The van der Waals surface area contributed by atoms with Crippen LogP contribution in [0.2, 0.25) is 0 Å². The van der Waals surface area contributed by atoms with Gasteiger partial charge in [0, 0.05) is 42.9 Å². The summed E-state index contributed by atoms with van der Waals surface area (Å²) in [5.41, 5.74) is 2.87. The minimum Gasteiger partial charge on any atom is -0.383 e. The van der Waals surface area contributed by atoms with E-state index in [4.69, 9.17) is 4.74 Å². The van der Waals surface area contributed by atoms with Crippen LogP contribution in [-0.2, 0) is 4.74 Å². The number of hydrogen-bond acceptors (Lipinski definition) is 6. The molecule has 32 heavy (non-hydrogen) atoms. The van der Waals surface area contributed by atoms with Crippen LogP contribution in [0, 0.1) is 18.3 Å². The molecule has 0 fully saturated rings. The zero-order valence-corrected chi connectivity index (χ0v) is 17.5. The number of alkyl halides is 2. The van der Waals surface area contributed by atoms with Gasteiger partial charge in [0.05, 0.1) is 12.2 Å². The number of aryl methyl sites for hydroxylation is 1. The summed E-state index contributed by atoms with van der Waals surface area (Å²) in [6, 6.07) is 11.6. The second-order valence-corrected chi connectivity index (χ2v) is 6.91. The Balaban J connectivity index is 1.85. The molecule has 3 rings (SSSR count). The van der Waals surface area contributed by atoms with Crippen LogP contribution in [0.3, 0.4) is 0 Å². The Labute approximate surface area is 184 Å². The fourth-order valence-electron chi connectivity index (χ4n) is 3.03. The van der Waals surface area contributed by atoms with Crippen molar-refractivity contribution in [3.63, 3.8) is 0 Å². The SMILES string of the molecule is COCCNc1ncc(-c2cc(NC(=O)c3ccnc(C(F)F)c3)ccc2C)cc1C#N. The van der Waals surface area contributed by atoms with Crippen molar-refractivity contribution in [3.8, 4) is 17.2 Å². The van der Waals surface area contributed by atoms with Gasteiger partial charge in [-0.05, 0) is 48.4 Å². The van der Waals surface area contributed by atoms with E-state index in [2.05, 4.69) is 26.7 Å². The maximum atomic E-state index is 12.9. The number of halogens is 2. The van der Waals surface area contributed by atoms with Gasteiger partial charge in [0.1, 0.15) is 17.6 Å². The van der Waals surface area contributed by atoms with E-state index in [0.29, 0.717) is 35.8 Å². The van der Waals surface area contributed by atoms with Crippen LogP contribution in [-0.4, -0.2) is 36.1 Å². The molecular formula is C23H21F2N5O2. The number of carbonyl (C=O) groups is 1. The maximum Gasteiger partial charge on any atom is 0.280 e. The average molecular weight is 437 g/mol. The first-order valence-electron chi connectivity index (χ1n) is 9.72. The zero-order chi connectivity index (χ0) is 23.1. The van der Waals surface area contributed by atoms with Crippen LogP contribution in [0.1, 0.15) is 33.6 Å². The molecule has 0 aliphatic carbocycles. The third-order valence-electron chi connectivity index (χ3n) is 4.68. The Hall–Kier alpha value is -3.90. The number of nitrogens with one attached hydrogen (secondary N) is 2. The largest absolute Gasteiger partial charge is 0.383 e. The number of carbonyl (C=O) groups excluding carboxylic acids is 1. The average Bonchev–Trinajstić information content (AvgIpc) is 2.80. The molecule has 2 heterocycles. The molecule has 0 aliphatic rings. The lowest BCUT2D eigenvalue weighted by molar-refractivity contribution is 0.102. The summed E-state index contributed by atoms with van der Waals surface area (Å²) in [5.74, 6) is -0.0689. The molecule has 164 valence electrons. The quantitative estimate of drug-likeness (QED) is 0.501. The van der Waals surface area contributed by atoms with E-state index in [1.807, 2.05) is 13.0 Å². The molecule has 0 bridgehead atoms. The normalized spacial score (nSPS) is 10.6. The minimum atomic E-state index is -2.76. The summed E-state index contributed by atoms with van der Waals surface area (Å²) in [7, 11) is 1.59. The molecule has 1 aromatic carbocycles. The summed E-state index contributed by atoms with van der Waals surface area (Å²) >= 11 is 0. The van der Waals surface area contributed by atoms with Gasteiger partial charge in [0.25, 0.3) is 12.3 Å². The van der Waals surface area contributed by atoms with Crippen molar-refractivity contribution in [1.82, 2.24) is 9.97 Å². The highest BCUT2D eigenvalue weighted by Gasteiger charge is 2.14. The van der Waals surface area contributed by atoms with Crippen molar-refractivity contribution in [2.24, 2.45) is 0 Å². The van der Waals surface area contributed by atoms with E-state index in [1.165, 1.54) is 12.3 Å². The minimum absolute atomic E-state index is 0.0809. The fourth-order valence-corrected chi connectivity index (χ4v) is 3.03. The van der Waals surface area contributed by atoms with Crippen LogP contribution < -0.4 is 10.6 Å². The van der Waals surface area contributed by atoms with Gasteiger partial charge in [0.15, 0.2) is 0 Å². The topological polar surface area (TPSA) is 99.9 Å². The van der Waals surface area contributed by atoms with Gasteiger partial charge in [-0.25, -0.2) is 13.8 Å². The molecule has 0 saturated heterocycles. The molecule has 0 spiro atoms. The second-order valence-electron chi connectivity index (χ2n) is 6.91. The molecule has 0 radical (unpaired) electrons. The van der Waals surface area contributed by atoms with Crippen molar-refractivity contribution in [2.75, 3.05) is 30.9 Å². The Kier molecular flexibility index (Phi) is 7.41. The summed E-state index contributed by atoms with van der Waals surface area (Å²) < 4.78 is 30.7. The molecule has 2 N–H and O–H groups in total. The molecule has 0 saturated carbocycles. The lowest BCUT2D eigenvalue weighted by atomic mass is 10.00. The molecule has 0 atom stereocenters. The summed E-state index contributed by atoms with van der Waals surface area (Å²) in [6.45, 7) is 2.89. The van der Waals surface area contributed by atoms with Crippen LogP contribution >= 0.6 is 0 Å². The monoisotopic (exact) mass is 437 g/mol. The molecular weight excluding hydrogens is 416 g/mol. The van der Waals surface area contributed by atoms with Gasteiger partial charge in [-0.3, -0.25) is 9.78 Å². The number of nitriles is 1. The lowest BCUT2D eigenvalue weighted by Gasteiger charge is -2.13. The van der Waals surface area contributed by atoms with E-state index in [-0.39, 0.29) is 5.56 Å². The number of rotatable bonds is 8. The molecule has 9 heteroatoms. The van der Waals surface area contributed by atoms with E-state index in [9.17, 15) is 18.8 Å². The van der Waals surface area contributed by atoms with E-state index in [0.717, 1.165) is 17.2 Å². The first-order chi connectivity index (χ1) is 15.4. The smallest absolute Gasteiger partial charge is 0.280 e. The number of pyridine rings is 2. The van der Waals surface area contributed by atoms with Gasteiger partial charge in [0.2, 0.25) is 0 Å². The Bertz CT molecular complexity index is 1160. The van der Waals surface area contributed by atoms with Crippen LogP contribution in [0.5, 0.6) is 0 Å². The van der Waals surface area contributed by atoms with Gasteiger partial charge in [-0.2, -0.15) is 5.26 Å². The number of nitrogens with zero attached hydrogens (tertiary/aromatic N) is 3. The zero-order valence-electron chi connectivity index (χ0n) is 17.5. The Morgan fingerprint density at radius 1 is 1.22 bits per heavy atom. The van der Waals surface area contributed by atoms with Crippen LogP contribution in [0.25, 0.3) is 11.1 Å². The number of hydrogen-bond donors (Lipinski definition) is 2. The van der Waals surface area contributed by atoms with Crippen molar-refractivity contribution < 1.29 is 18.3 Å². The fraction of sp³-hybridized carbons (Fsp3) is 0.217. The van der Waals surface area contributed by atoms with Crippen molar-refractivity contribution in [2.45, 2.75) is 13.3 Å². The highest BCUT2D eigenvalue weighted by molar-refractivity contribution is 6.04. The molecule has 7 nitrogen and oxygen atoms in total. The van der Waals surface area contributed by atoms with Crippen molar-refractivity contribution in [3.05, 3.63) is 71.2 Å². The standard InChI is InChI=1S/C23H21F2N5O2/c1-14-3-4-18(30-23(31)15-5-6-27-20(10-15)21(24)25)11-19(14)17-9-16(12-26)22(29-13-17)28-7-8-32-2/h3-6,9-11,13,21H,7-8H2,1-2H3,(H,28,29)(H,30,31). The number of amides is 1. The van der Waals surface area contributed by atoms with Crippen LogP contribution in [0.15, 0.2) is 48.8 Å². The summed E-state index contributed by atoms with van der Waals surface area (Å²) in [6.07, 6.45) is 0.0539. The lowest BCUT2D eigenvalue weighted by Crippen LogP contribution is -2.13. The third-order valence-corrected chi connectivity index (χ3v) is 4.68. The Morgan fingerprint density at radius 2 is 2.03 bits per heavy atom. The Morgan fingerprint density at radius 3 is 2.75 bits per heavy atom. The number of methoxy groups -OCH3 is 1. The van der Waals surface area contributed by atoms with E-state index < -0.39 is 18.0 Å². The first-order valence-corrected chi connectivity index (χ1v) is 9.72.